The highest BCUT2D eigenvalue weighted by Crippen LogP contribution is 2.23. The zero-order valence-electron chi connectivity index (χ0n) is 11.1. The van der Waals surface area contributed by atoms with Crippen LogP contribution in [0, 0.1) is 5.92 Å². The van der Waals surface area contributed by atoms with Crippen molar-refractivity contribution in [1.29, 1.82) is 0 Å². The molecule has 0 aromatic heterocycles. The van der Waals surface area contributed by atoms with Crippen LogP contribution < -0.4 is 4.90 Å². The molecular formula is C14H19NO3S. The molecule has 1 aliphatic heterocycles. The first-order chi connectivity index (χ1) is 9.03. The maximum absolute atomic E-state index is 12.5. The average molecular weight is 281 g/mol. The van der Waals surface area contributed by atoms with Gasteiger partial charge in [-0.15, -0.1) is 0 Å². The summed E-state index contributed by atoms with van der Waals surface area (Å²) < 4.78 is 23.3. The summed E-state index contributed by atoms with van der Waals surface area (Å²) in [5, 5.41) is 0. The SMILES string of the molecule is CCN(C(=O)C1CCCS(=O)(=O)C1)c1ccccc1. The second-order valence-electron chi connectivity index (χ2n) is 4.87. The Morgan fingerprint density at radius 2 is 2.00 bits per heavy atom. The molecule has 0 bridgehead atoms. The van der Waals surface area contributed by atoms with E-state index < -0.39 is 9.84 Å². The third kappa shape index (κ3) is 3.35. The highest BCUT2D eigenvalue weighted by Gasteiger charge is 2.32. The number of carbonyl (C=O) groups excluding carboxylic acids is 1. The van der Waals surface area contributed by atoms with Gasteiger partial charge < -0.3 is 4.90 Å². The predicted octanol–water partition coefficient (Wildman–Crippen LogP) is 1.86. The van der Waals surface area contributed by atoms with Gasteiger partial charge in [0.2, 0.25) is 5.91 Å². The molecule has 1 unspecified atom stereocenters. The number of hydrogen-bond donors (Lipinski definition) is 0. The summed E-state index contributed by atoms with van der Waals surface area (Å²) in [7, 11) is -3.05. The number of nitrogens with zero attached hydrogens (tertiary/aromatic N) is 1. The molecule has 4 nitrogen and oxygen atoms in total. The molecule has 0 saturated carbocycles. The Bertz CT molecular complexity index is 539. The lowest BCUT2D eigenvalue weighted by atomic mass is 10.0. The largest absolute Gasteiger partial charge is 0.312 e. The Labute approximate surface area is 114 Å². The van der Waals surface area contributed by atoms with Crippen molar-refractivity contribution in [3.8, 4) is 0 Å². The van der Waals surface area contributed by atoms with Crippen LogP contribution in [-0.2, 0) is 14.6 Å². The van der Waals surface area contributed by atoms with Gasteiger partial charge in [-0.2, -0.15) is 0 Å². The molecule has 0 N–H and O–H groups in total. The van der Waals surface area contributed by atoms with Gasteiger partial charge in [-0.1, -0.05) is 18.2 Å². The third-order valence-electron chi connectivity index (χ3n) is 3.46. The molecule has 5 heteroatoms. The van der Waals surface area contributed by atoms with Crippen LogP contribution in [0.5, 0.6) is 0 Å². The van der Waals surface area contributed by atoms with Crippen LogP contribution in [0.4, 0.5) is 5.69 Å². The minimum absolute atomic E-state index is 0.00479. The molecule has 0 radical (unpaired) electrons. The Kier molecular flexibility index (Phi) is 4.24. The first-order valence-electron chi connectivity index (χ1n) is 6.60. The van der Waals surface area contributed by atoms with Crippen LogP contribution in [0.1, 0.15) is 19.8 Å². The summed E-state index contributed by atoms with van der Waals surface area (Å²) in [6.07, 6.45) is 1.26. The molecule has 19 heavy (non-hydrogen) atoms. The molecule has 1 amide bonds. The molecule has 2 rings (SSSR count). The van der Waals surface area contributed by atoms with Crippen molar-refractivity contribution in [2.45, 2.75) is 19.8 Å². The number of para-hydroxylation sites is 1. The fraction of sp³-hybridized carbons (Fsp3) is 0.500. The van der Waals surface area contributed by atoms with E-state index in [-0.39, 0.29) is 23.3 Å². The van der Waals surface area contributed by atoms with Gasteiger partial charge in [-0.25, -0.2) is 8.42 Å². The lowest BCUT2D eigenvalue weighted by Gasteiger charge is -2.28. The monoisotopic (exact) mass is 281 g/mol. The Morgan fingerprint density at radius 3 is 2.58 bits per heavy atom. The van der Waals surface area contributed by atoms with E-state index >= 15 is 0 Å². The van der Waals surface area contributed by atoms with E-state index in [1.807, 2.05) is 37.3 Å². The van der Waals surface area contributed by atoms with Crippen molar-refractivity contribution in [3.63, 3.8) is 0 Å². The number of benzene rings is 1. The minimum atomic E-state index is -3.05. The third-order valence-corrected chi connectivity index (χ3v) is 5.28. The predicted molar refractivity (Wildman–Crippen MR) is 75.8 cm³/mol. The molecule has 104 valence electrons. The fourth-order valence-electron chi connectivity index (χ4n) is 2.51. The Balaban J connectivity index is 2.18. The number of hydrogen-bond acceptors (Lipinski definition) is 3. The van der Waals surface area contributed by atoms with Crippen LogP contribution in [0.3, 0.4) is 0 Å². The molecule has 1 aromatic carbocycles. The van der Waals surface area contributed by atoms with Crippen molar-refractivity contribution in [2.75, 3.05) is 23.0 Å². The number of amides is 1. The highest BCUT2D eigenvalue weighted by atomic mass is 32.2. The summed E-state index contributed by atoms with van der Waals surface area (Å²) in [6, 6.07) is 9.40. The standard InChI is InChI=1S/C14H19NO3S/c1-2-15(13-8-4-3-5-9-13)14(16)12-7-6-10-19(17,18)11-12/h3-5,8-9,12H,2,6-7,10-11H2,1H3. The van der Waals surface area contributed by atoms with Crippen molar-refractivity contribution < 1.29 is 13.2 Å². The van der Waals surface area contributed by atoms with Gasteiger partial charge in [0.05, 0.1) is 17.4 Å². The van der Waals surface area contributed by atoms with Gasteiger partial charge >= 0.3 is 0 Å². The van der Waals surface area contributed by atoms with Gasteiger partial charge in [0, 0.05) is 12.2 Å². The zero-order chi connectivity index (χ0) is 13.9. The maximum Gasteiger partial charge on any atom is 0.231 e. The van der Waals surface area contributed by atoms with Crippen LogP contribution >= 0.6 is 0 Å². The topological polar surface area (TPSA) is 54.5 Å². The van der Waals surface area contributed by atoms with Gasteiger partial charge in [-0.05, 0) is 31.9 Å². The normalized spacial score (nSPS) is 21.8. The van der Waals surface area contributed by atoms with E-state index in [1.54, 1.807) is 4.90 Å². The summed E-state index contributed by atoms with van der Waals surface area (Å²) in [4.78, 5) is 14.2. The summed E-state index contributed by atoms with van der Waals surface area (Å²) in [5.41, 5.74) is 0.831. The van der Waals surface area contributed by atoms with Crippen LogP contribution in [-0.4, -0.2) is 32.4 Å². The van der Waals surface area contributed by atoms with E-state index in [4.69, 9.17) is 0 Å². The molecule has 1 atom stereocenters. The molecule has 1 fully saturated rings. The molecule has 1 heterocycles. The summed E-state index contributed by atoms with van der Waals surface area (Å²) in [5.74, 6) is -0.250. The Hall–Kier alpha value is -1.36. The van der Waals surface area contributed by atoms with Crippen LogP contribution in [0.15, 0.2) is 30.3 Å². The van der Waals surface area contributed by atoms with Crippen LogP contribution in [0.25, 0.3) is 0 Å². The fourth-order valence-corrected chi connectivity index (χ4v) is 4.21. The molecule has 1 aromatic rings. The van der Waals surface area contributed by atoms with Crippen molar-refractivity contribution in [2.24, 2.45) is 5.92 Å². The number of anilines is 1. The first kappa shape index (κ1) is 14.1. The van der Waals surface area contributed by atoms with Gasteiger partial charge in [0.1, 0.15) is 0 Å². The number of sulfone groups is 1. The lowest BCUT2D eigenvalue weighted by Crippen LogP contribution is -2.41. The van der Waals surface area contributed by atoms with E-state index in [0.717, 1.165) is 5.69 Å². The smallest absolute Gasteiger partial charge is 0.231 e. The second kappa shape index (κ2) is 5.74. The Morgan fingerprint density at radius 1 is 1.32 bits per heavy atom. The second-order valence-corrected chi connectivity index (χ2v) is 7.10. The molecule has 1 saturated heterocycles. The summed E-state index contributed by atoms with van der Waals surface area (Å²) in [6.45, 7) is 2.46. The van der Waals surface area contributed by atoms with E-state index in [0.29, 0.717) is 19.4 Å². The van der Waals surface area contributed by atoms with Crippen LogP contribution in [0.2, 0.25) is 0 Å². The molecular weight excluding hydrogens is 262 g/mol. The van der Waals surface area contributed by atoms with Crippen molar-refractivity contribution in [1.82, 2.24) is 0 Å². The summed E-state index contributed by atoms with van der Waals surface area (Å²) >= 11 is 0. The van der Waals surface area contributed by atoms with E-state index in [2.05, 4.69) is 0 Å². The number of carbonyl (C=O) groups is 1. The van der Waals surface area contributed by atoms with Crippen molar-refractivity contribution in [3.05, 3.63) is 30.3 Å². The highest BCUT2D eigenvalue weighted by molar-refractivity contribution is 7.91. The van der Waals surface area contributed by atoms with Gasteiger partial charge in [0.15, 0.2) is 9.84 Å². The van der Waals surface area contributed by atoms with Gasteiger partial charge in [-0.3, -0.25) is 4.79 Å². The minimum Gasteiger partial charge on any atom is -0.312 e. The van der Waals surface area contributed by atoms with Gasteiger partial charge in [0.25, 0.3) is 0 Å². The average Bonchev–Trinajstić information content (AvgIpc) is 2.39. The van der Waals surface area contributed by atoms with E-state index in [9.17, 15) is 13.2 Å². The van der Waals surface area contributed by atoms with Crippen molar-refractivity contribution >= 4 is 21.4 Å². The van der Waals surface area contributed by atoms with E-state index in [1.165, 1.54) is 0 Å². The lowest BCUT2D eigenvalue weighted by molar-refractivity contribution is -0.122. The molecule has 0 aliphatic carbocycles. The quantitative estimate of drug-likeness (QED) is 0.850. The molecule has 0 spiro atoms. The molecule has 1 aliphatic rings. The number of rotatable bonds is 3. The first-order valence-corrected chi connectivity index (χ1v) is 8.42. The maximum atomic E-state index is 12.5. The zero-order valence-corrected chi connectivity index (χ0v) is 11.9.